The van der Waals surface area contributed by atoms with Crippen LogP contribution in [0.5, 0.6) is 0 Å². The van der Waals surface area contributed by atoms with Crippen molar-refractivity contribution in [1.29, 1.82) is 21.0 Å². The van der Waals surface area contributed by atoms with Crippen molar-refractivity contribution in [3.8, 4) is 49.0 Å². The van der Waals surface area contributed by atoms with E-state index < -0.39 is 58.5 Å². The number of aryl methyl sites for hydroxylation is 4. The van der Waals surface area contributed by atoms with Gasteiger partial charge in [-0.15, -0.1) is 12.8 Å². The number of Topliss-reactive ketones (excluding diaryl/α,β-unsaturated/α-hetero) is 4. The molecule has 604 valence electrons. The number of nitrogens with zero attached hydrogens (tertiary/aromatic N) is 12. The zero-order chi connectivity index (χ0) is 88.2. The highest BCUT2D eigenvalue weighted by Crippen LogP contribution is 2.38. The van der Waals surface area contributed by atoms with Gasteiger partial charge in [-0.05, 0) is 186 Å². The van der Waals surface area contributed by atoms with Gasteiger partial charge in [0.15, 0.2) is 23.1 Å². The number of allylic oxidation sites excluding steroid dienone is 4. The minimum atomic E-state index is -4.45. The molecule has 0 unspecified atom stereocenters. The predicted molar refractivity (Wildman–Crippen MR) is 433 cm³/mol. The quantitative estimate of drug-likeness (QED) is 0.0338. The summed E-state index contributed by atoms with van der Waals surface area (Å²) in [6.45, 7) is 19.6. The molecule has 0 radical (unpaired) electrons. The number of halogens is 12. The molecule has 0 saturated heterocycles. The van der Waals surface area contributed by atoms with Crippen molar-refractivity contribution in [2.24, 2.45) is 0 Å². The molecule has 0 amide bonds. The molecule has 120 heavy (non-hydrogen) atoms. The van der Waals surface area contributed by atoms with E-state index in [-0.39, 0.29) is 60.0 Å². The molecule has 16 nitrogen and oxygen atoms in total. The summed E-state index contributed by atoms with van der Waals surface area (Å²) in [6, 6.07) is 29.7. The first kappa shape index (κ1) is 88.9. The number of ketones is 4. The van der Waals surface area contributed by atoms with Gasteiger partial charge in [-0.1, -0.05) is 83.7 Å². The number of rotatable bonds is 18. The maximum absolute atomic E-state index is 13.2. The van der Waals surface area contributed by atoms with E-state index in [1.165, 1.54) is 64.4 Å². The van der Waals surface area contributed by atoms with E-state index in [1.54, 1.807) is 144 Å². The van der Waals surface area contributed by atoms with Crippen LogP contribution in [0.2, 0.25) is 0 Å². The molecule has 0 fully saturated rings. The molecule has 0 atom stereocenters. The molecule has 0 aliphatic heterocycles. The first-order chi connectivity index (χ1) is 56.5. The second-order valence-electron chi connectivity index (χ2n) is 27.6. The Morgan fingerprint density at radius 1 is 0.358 bits per heavy atom. The zero-order valence-electron chi connectivity index (χ0n) is 65.3. The number of aromatic nitrogens is 8. The van der Waals surface area contributed by atoms with E-state index in [2.05, 4.69) is 44.9 Å². The van der Waals surface area contributed by atoms with Gasteiger partial charge >= 0.3 is 24.7 Å². The van der Waals surface area contributed by atoms with Crippen LogP contribution in [0.3, 0.4) is 0 Å². The Kier molecular flexibility index (Phi) is 27.3. The maximum Gasteiger partial charge on any atom is 0.416 e. The Labute approximate surface area is 680 Å². The van der Waals surface area contributed by atoms with E-state index >= 15 is 0 Å². The Morgan fingerprint density at radius 3 is 0.775 bits per heavy atom. The number of alkyl halides is 12. The summed E-state index contributed by atoms with van der Waals surface area (Å²) in [5, 5.41) is 39.4. The minimum absolute atomic E-state index is 0.0252. The van der Waals surface area contributed by atoms with Gasteiger partial charge in [-0.25, -0.2) is 19.9 Å². The average Bonchev–Trinajstić information content (AvgIpc) is 1.65. The third-order valence-electron chi connectivity index (χ3n) is 18.4. The molecule has 8 heterocycles. The van der Waals surface area contributed by atoms with Crippen LogP contribution in [-0.2, 0) is 70.1 Å². The normalized spacial score (nSPS) is 12.0. The molecule has 0 N–H and O–H groups in total. The standard InChI is InChI=1S/2C23H18F3N3O.2C23H16F3N3O/c4*1-4-17-5-6-28-22-21(17)19(10-18(11-27)15(3)30)13-29(22)12-16-7-14(2)8-20(9-16)23(24,25)26/h2*4-10,13H,1,12H2,2-3H3;2*1,5-10,13H,12H2,2-3H3/b4*18-10+. The van der Waals surface area contributed by atoms with E-state index in [0.717, 1.165) is 59.7 Å². The number of hydrogen-bond acceptors (Lipinski definition) is 12. The lowest BCUT2D eigenvalue weighted by molar-refractivity contribution is -0.138. The van der Waals surface area contributed by atoms with Gasteiger partial charge in [0.25, 0.3) is 0 Å². The maximum atomic E-state index is 13.2. The summed E-state index contributed by atoms with van der Waals surface area (Å²) in [5.74, 6) is 3.53. The van der Waals surface area contributed by atoms with Crippen LogP contribution in [-0.4, -0.2) is 61.3 Å². The van der Waals surface area contributed by atoms with Crippen molar-refractivity contribution in [2.45, 2.75) is 106 Å². The van der Waals surface area contributed by atoms with Gasteiger partial charge in [-0.3, -0.25) is 19.2 Å². The third-order valence-corrected chi connectivity index (χ3v) is 18.4. The molecule has 0 aliphatic rings. The average molecular weight is 1630 g/mol. The number of carbonyl (C=O) groups excluding carboxylic acids is 4. The summed E-state index contributed by atoms with van der Waals surface area (Å²) in [5.41, 5.74) is 7.32. The molecular weight excluding hydrogens is 1570 g/mol. The van der Waals surface area contributed by atoms with E-state index in [0.29, 0.717) is 122 Å². The van der Waals surface area contributed by atoms with E-state index in [4.69, 9.17) is 12.8 Å². The molecular formula is C92H68F12N12O4. The van der Waals surface area contributed by atoms with Crippen LogP contribution >= 0.6 is 0 Å². The molecule has 0 bridgehead atoms. The van der Waals surface area contributed by atoms with Gasteiger partial charge in [0.1, 0.15) is 46.9 Å². The zero-order valence-corrected chi connectivity index (χ0v) is 65.3. The highest BCUT2D eigenvalue weighted by atomic mass is 19.4. The lowest BCUT2D eigenvalue weighted by atomic mass is 10.1. The molecule has 0 saturated carbocycles. The number of carbonyl (C=O) groups is 4. The van der Waals surface area contributed by atoms with Crippen molar-refractivity contribution in [2.75, 3.05) is 0 Å². The number of nitriles is 4. The van der Waals surface area contributed by atoms with Crippen molar-refractivity contribution in [1.82, 2.24) is 38.2 Å². The summed E-state index contributed by atoms with van der Waals surface area (Å²) < 4.78 is 165. The van der Waals surface area contributed by atoms with Crippen molar-refractivity contribution >= 4 is 104 Å². The van der Waals surface area contributed by atoms with Gasteiger partial charge in [0.05, 0.1) is 44.5 Å². The van der Waals surface area contributed by atoms with Crippen LogP contribution in [0.15, 0.2) is 182 Å². The molecule has 8 aromatic heterocycles. The van der Waals surface area contributed by atoms with Gasteiger partial charge in [0, 0.05) is 131 Å². The summed E-state index contributed by atoms with van der Waals surface area (Å²) >= 11 is 0. The lowest BCUT2D eigenvalue weighted by Crippen LogP contribution is -2.07. The summed E-state index contributed by atoms with van der Waals surface area (Å²) in [4.78, 5) is 64.1. The molecule has 28 heteroatoms. The monoisotopic (exact) mass is 1630 g/mol. The first-order valence-electron chi connectivity index (χ1n) is 35.9. The molecule has 12 rings (SSSR count). The molecule has 12 aromatic rings. The number of fused-ring (bicyclic) bond motifs is 4. The van der Waals surface area contributed by atoms with E-state index in [9.17, 15) is 92.9 Å². The SMILES string of the molecule is C#Cc1ccnc2c1c(/C=C(\C#N)C(C)=O)cn2Cc1cc(C)cc(C(F)(F)F)c1.C#Cc1ccnc2c1c(/C=C(\C#N)C(C)=O)cn2Cc1cc(C)cc(C(F)(F)F)c1.C=Cc1ccnc2c1c(/C=C(\C#N)C(C)=O)cn2Cc1cc(C)cc(C(F)(F)F)c1.C=Cc1ccnc2c1c(/C=C(\C#N)C(C)=O)cn2Cc1cc(C)cc(C(F)(F)F)c1. The molecule has 4 aromatic carbocycles. The second kappa shape index (κ2) is 36.9. The fourth-order valence-electron chi connectivity index (χ4n) is 13.3. The van der Waals surface area contributed by atoms with Crippen molar-refractivity contribution in [3.63, 3.8) is 0 Å². The number of terminal acetylenes is 2. The van der Waals surface area contributed by atoms with Crippen LogP contribution in [0.1, 0.15) is 139 Å². The Bertz CT molecular complexity index is 6170. The number of benzene rings is 4. The highest BCUT2D eigenvalue weighted by Gasteiger charge is 2.35. The fraction of sp³-hybridized carbons (Fsp3) is 0.174. The van der Waals surface area contributed by atoms with Crippen molar-refractivity contribution < 1.29 is 71.9 Å². The minimum Gasteiger partial charge on any atom is -0.327 e. The first-order valence-corrected chi connectivity index (χ1v) is 35.9. The topological polar surface area (TPSA) is 235 Å². The van der Waals surface area contributed by atoms with Gasteiger partial charge < -0.3 is 18.3 Å². The van der Waals surface area contributed by atoms with Crippen LogP contribution < -0.4 is 0 Å². The van der Waals surface area contributed by atoms with Crippen LogP contribution in [0, 0.1) is 97.7 Å². The third kappa shape index (κ3) is 21.2. The molecule has 0 spiro atoms. The predicted octanol–water partition coefficient (Wildman–Crippen LogP) is 20.9. The number of hydrogen-bond donors (Lipinski definition) is 0. The van der Waals surface area contributed by atoms with Crippen LogP contribution in [0.25, 0.3) is 80.6 Å². The Morgan fingerprint density at radius 2 is 0.575 bits per heavy atom. The highest BCUT2D eigenvalue weighted by molar-refractivity contribution is 6.08. The summed E-state index contributed by atoms with van der Waals surface area (Å²) in [7, 11) is 0. The van der Waals surface area contributed by atoms with Gasteiger partial charge in [-0.2, -0.15) is 73.7 Å². The number of pyridine rings is 4. The van der Waals surface area contributed by atoms with Crippen LogP contribution in [0.4, 0.5) is 52.7 Å². The second-order valence-corrected chi connectivity index (χ2v) is 27.6. The van der Waals surface area contributed by atoms with Gasteiger partial charge in [0.2, 0.25) is 0 Å². The largest absolute Gasteiger partial charge is 0.416 e. The fourth-order valence-corrected chi connectivity index (χ4v) is 13.3. The smallest absolute Gasteiger partial charge is 0.327 e. The van der Waals surface area contributed by atoms with Crippen molar-refractivity contribution in [3.05, 3.63) is 293 Å². The van der Waals surface area contributed by atoms with E-state index in [1.807, 2.05) is 24.3 Å². The summed E-state index contributed by atoms with van der Waals surface area (Å²) in [6.07, 6.45) is 15.2. The Balaban J connectivity index is 0.000000182. The lowest BCUT2D eigenvalue weighted by Gasteiger charge is -2.12. The Hall–Kier alpha value is -15.0. The molecule has 0 aliphatic carbocycles.